The van der Waals surface area contributed by atoms with Crippen LogP contribution in [0, 0.1) is 11.8 Å². The van der Waals surface area contributed by atoms with Crippen molar-refractivity contribution in [2.45, 2.75) is 41.5 Å². The Balaban J connectivity index is 0. The first-order valence-corrected chi connectivity index (χ1v) is 3.56. The summed E-state index contributed by atoms with van der Waals surface area (Å²) in [4.78, 5) is 11.0. The molecule has 0 aromatic carbocycles. The van der Waals surface area contributed by atoms with Gasteiger partial charge in [0.15, 0.2) is 0 Å². The summed E-state index contributed by atoms with van der Waals surface area (Å²) in [6.45, 7) is 8.04. The van der Waals surface area contributed by atoms with Gasteiger partial charge in [-0.05, 0) is 5.92 Å². The highest BCUT2D eigenvalue weighted by atomic mass is 16.1. The Hall–Kier alpha value is -0.330. The molecule has 0 spiro atoms. The van der Waals surface area contributed by atoms with Crippen LogP contribution in [0.25, 0.3) is 0 Å². The number of rotatable bonds is 3. The summed E-state index contributed by atoms with van der Waals surface area (Å²) in [5.41, 5.74) is 0. The van der Waals surface area contributed by atoms with E-state index in [1.165, 1.54) is 0 Å². The van der Waals surface area contributed by atoms with E-state index in [0.717, 1.165) is 6.42 Å². The molecular weight excluding hydrogens is 124 g/mol. The van der Waals surface area contributed by atoms with E-state index in [1.54, 1.807) is 0 Å². The van der Waals surface area contributed by atoms with Crippen LogP contribution in [-0.4, -0.2) is 5.78 Å². The monoisotopic (exact) mass is 144 g/mol. The summed E-state index contributed by atoms with van der Waals surface area (Å²) in [6, 6.07) is 0. The molecular formula is C9H20O. The van der Waals surface area contributed by atoms with Crippen molar-refractivity contribution in [3.8, 4) is 0 Å². The Morgan fingerprint density at radius 2 is 1.60 bits per heavy atom. The molecule has 0 aromatic rings. The fourth-order valence-corrected chi connectivity index (χ4v) is 0.638. The van der Waals surface area contributed by atoms with Gasteiger partial charge < -0.3 is 0 Å². The topological polar surface area (TPSA) is 17.1 Å². The van der Waals surface area contributed by atoms with Crippen LogP contribution in [0.5, 0.6) is 0 Å². The van der Waals surface area contributed by atoms with E-state index in [2.05, 4.69) is 13.8 Å². The molecule has 62 valence electrons. The van der Waals surface area contributed by atoms with Gasteiger partial charge in [-0.2, -0.15) is 0 Å². The lowest BCUT2D eigenvalue weighted by molar-refractivity contribution is -0.122. The largest absolute Gasteiger partial charge is 0.299 e. The fourth-order valence-electron chi connectivity index (χ4n) is 0.638. The molecule has 0 unspecified atom stereocenters. The minimum Gasteiger partial charge on any atom is -0.299 e. The molecule has 0 atom stereocenters. The summed E-state index contributed by atoms with van der Waals surface area (Å²) in [5.74, 6) is 1.11. The molecule has 0 aliphatic carbocycles. The molecule has 0 amide bonds. The van der Waals surface area contributed by atoms with Crippen LogP contribution in [0.1, 0.15) is 41.5 Å². The Bertz CT molecular complexity index is 92.9. The van der Waals surface area contributed by atoms with E-state index in [-0.39, 0.29) is 13.3 Å². The number of Topliss-reactive ketones (excluding diaryl/α,β-unsaturated/α-hetero) is 1. The van der Waals surface area contributed by atoms with Gasteiger partial charge in [0.25, 0.3) is 0 Å². The zero-order chi connectivity index (χ0) is 7.44. The maximum Gasteiger partial charge on any atom is 0.135 e. The highest BCUT2D eigenvalue weighted by Gasteiger charge is 2.07. The third-order valence-electron chi connectivity index (χ3n) is 1.25. The van der Waals surface area contributed by atoms with E-state index < -0.39 is 0 Å². The second-order valence-electron chi connectivity index (χ2n) is 3.22. The maximum atomic E-state index is 11.0. The van der Waals surface area contributed by atoms with Crippen molar-refractivity contribution in [3.05, 3.63) is 0 Å². The van der Waals surface area contributed by atoms with Crippen molar-refractivity contribution >= 4 is 5.78 Å². The van der Waals surface area contributed by atoms with E-state index in [0.29, 0.717) is 11.7 Å². The molecule has 1 heteroatoms. The second-order valence-corrected chi connectivity index (χ2v) is 3.22. The first-order valence-electron chi connectivity index (χ1n) is 3.56. The van der Waals surface area contributed by atoms with Crippen molar-refractivity contribution in [1.29, 1.82) is 0 Å². The van der Waals surface area contributed by atoms with Crippen molar-refractivity contribution in [1.82, 2.24) is 0 Å². The van der Waals surface area contributed by atoms with Gasteiger partial charge in [-0.15, -0.1) is 0 Å². The number of hydrogen-bond acceptors (Lipinski definition) is 1. The van der Waals surface area contributed by atoms with Gasteiger partial charge in [-0.25, -0.2) is 0 Å². The third kappa shape index (κ3) is 5.80. The van der Waals surface area contributed by atoms with E-state index in [4.69, 9.17) is 0 Å². The van der Waals surface area contributed by atoms with E-state index in [9.17, 15) is 4.79 Å². The lowest BCUT2D eigenvalue weighted by Gasteiger charge is -2.05. The minimum atomic E-state index is 0. The Morgan fingerprint density at radius 3 is 1.70 bits per heavy atom. The normalized spacial score (nSPS) is 9.80. The molecule has 0 saturated heterocycles. The van der Waals surface area contributed by atoms with Crippen molar-refractivity contribution in [3.63, 3.8) is 0 Å². The molecule has 0 radical (unpaired) electrons. The molecule has 1 nitrogen and oxygen atoms in total. The van der Waals surface area contributed by atoms with Gasteiger partial charge in [0.05, 0.1) is 0 Å². The van der Waals surface area contributed by atoms with Gasteiger partial charge in [0.2, 0.25) is 0 Å². The number of ketones is 1. The van der Waals surface area contributed by atoms with Crippen LogP contribution in [-0.2, 0) is 4.79 Å². The fraction of sp³-hybridized carbons (Fsp3) is 0.889. The zero-order valence-electron chi connectivity index (χ0n) is 6.77. The van der Waals surface area contributed by atoms with Gasteiger partial charge >= 0.3 is 0 Å². The van der Waals surface area contributed by atoms with Gasteiger partial charge in [-0.1, -0.05) is 35.1 Å². The van der Waals surface area contributed by atoms with Crippen LogP contribution < -0.4 is 0 Å². The summed E-state index contributed by atoms with van der Waals surface area (Å²) in [6.07, 6.45) is 0.734. The Labute approximate surface area is 64.8 Å². The van der Waals surface area contributed by atoms with Crippen LogP contribution in [0.4, 0.5) is 0 Å². The average Bonchev–Trinajstić information content (AvgIpc) is 1.63. The van der Waals surface area contributed by atoms with E-state index in [1.807, 2.05) is 13.8 Å². The van der Waals surface area contributed by atoms with Crippen molar-refractivity contribution < 1.29 is 4.79 Å². The van der Waals surface area contributed by atoms with Crippen molar-refractivity contribution in [2.75, 3.05) is 0 Å². The van der Waals surface area contributed by atoms with E-state index >= 15 is 0 Å². The molecule has 0 N–H and O–H groups in total. The first-order chi connectivity index (χ1) is 4.04. The maximum absolute atomic E-state index is 11.0. The highest BCUT2D eigenvalue weighted by molar-refractivity contribution is 5.80. The highest BCUT2D eigenvalue weighted by Crippen LogP contribution is 2.06. The molecule has 0 aliphatic rings. The standard InChI is InChI=1S/C8H16O.CH4/c1-6(2)5-8(9)7(3)4;/h6-7H,5H2,1-4H3;1H4. The number of carbonyl (C=O) groups is 1. The Morgan fingerprint density at radius 1 is 1.20 bits per heavy atom. The molecule has 0 bridgehead atoms. The molecule has 0 aliphatic heterocycles. The van der Waals surface area contributed by atoms with Crippen molar-refractivity contribution in [2.24, 2.45) is 11.8 Å². The number of carbonyl (C=O) groups excluding carboxylic acids is 1. The predicted octanol–water partition coefficient (Wildman–Crippen LogP) is 2.89. The molecule has 0 aromatic heterocycles. The molecule has 0 fully saturated rings. The van der Waals surface area contributed by atoms with Crippen LogP contribution in [0.3, 0.4) is 0 Å². The quantitative estimate of drug-likeness (QED) is 0.595. The SMILES string of the molecule is C.CC(C)CC(=O)C(C)C. The lowest BCUT2D eigenvalue weighted by Crippen LogP contribution is -2.09. The average molecular weight is 144 g/mol. The lowest BCUT2D eigenvalue weighted by atomic mass is 9.99. The zero-order valence-corrected chi connectivity index (χ0v) is 6.77. The number of hydrogen-bond donors (Lipinski definition) is 0. The predicted molar refractivity (Wildman–Crippen MR) is 46.0 cm³/mol. The first kappa shape index (κ1) is 12.4. The van der Waals surface area contributed by atoms with Crippen LogP contribution in [0.2, 0.25) is 0 Å². The molecule has 0 rings (SSSR count). The summed E-state index contributed by atoms with van der Waals surface area (Å²) >= 11 is 0. The summed E-state index contributed by atoms with van der Waals surface area (Å²) in [7, 11) is 0. The second kappa shape index (κ2) is 5.45. The Kier molecular flexibility index (Phi) is 6.74. The molecule has 0 saturated carbocycles. The molecule has 0 heterocycles. The van der Waals surface area contributed by atoms with Gasteiger partial charge in [0, 0.05) is 12.3 Å². The summed E-state index contributed by atoms with van der Waals surface area (Å²) < 4.78 is 0. The van der Waals surface area contributed by atoms with Crippen LogP contribution in [0.15, 0.2) is 0 Å². The van der Waals surface area contributed by atoms with Gasteiger partial charge in [-0.3, -0.25) is 4.79 Å². The third-order valence-corrected chi connectivity index (χ3v) is 1.25. The van der Waals surface area contributed by atoms with Crippen LogP contribution >= 0.6 is 0 Å². The van der Waals surface area contributed by atoms with Gasteiger partial charge in [0.1, 0.15) is 5.78 Å². The molecule has 10 heavy (non-hydrogen) atoms. The summed E-state index contributed by atoms with van der Waals surface area (Å²) in [5, 5.41) is 0. The smallest absolute Gasteiger partial charge is 0.135 e. The minimum absolute atomic E-state index is 0.